The maximum atomic E-state index is 8.97. The third-order valence-corrected chi connectivity index (χ3v) is 8.59. The summed E-state index contributed by atoms with van der Waals surface area (Å²) in [4.78, 5) is 7.66. The molecular formula is C25H38N2OS. The number of hydrogen-bond donors (Lipinski definition) is 1. The number of piperidine rings is 1. The summed E-state index contributed by atoms with van der Waals surface area (Å²) in [6.07, 6.45) is 13.1. The van der Waals surface area contributed by atoms with Crippen molar-refractivity contribution in [2.75, 3.05) is 26.2 Å². The number of aromatic nitrogens is 1. The second-order valence-corrected chi connectivity index (χ2v) is 11.7. The van der Waals surface area contributed by atoms with Gasteiger partial charge in [-0.15, -0.1) is 11.3 Å². The van der Waals surface area contributed by atoms with Crippen LogP contribution in [0.5, 0.6) is 0 Å². The number of aliphatic hydroxyl groups excluding tert-OH is 1. The molecule has 0 aromatic carbocycles. The molecule has 1 saturated carbocycles. The van der Waals surface area contributed by atoms with Gasteiger partial charge < -0.3 is 10.0 Å². The van der Waals surface area contributed by atoms with E-state index in [1.165, 1.54) is 48.6 Å². The number of aliphatic hydroxyl groups is 1. The predicted molar refractivity (Wildman–Crippen MR) is 123 cm³/mol. The van der Waals surface area contributed by atoms with E-state index in [9.17, 15) is 0 Å². The molecule has 0 bridgehead atoms. The number of allylic oxidation sites excluding steroid dienone is 4. The molecule has 4 heteroatoms. The van der Waals surface area contributed by atoms with E-state index in [4.69, 9.17) is 10.1 Å². The molecule has 2 aliphatic carbocycles. The second-order valence-electron chi connectivity index (χ2n) is 10.8. The van der Waals surface area contributed by atoms with Crippen molar-refractivity contribution < 1.29 is 5.11 Å². The third kappa shape index (κ3) is 4.40. The summed E-state index contributed by atoms with van der Waals surface area (Å²) in [6.45, 7) is 13.5. The smallest absolute Gasteiger partial charge is 0.0964 e. The molecule has 29 heavy (non-hydrogen) atoms. The molecule has 160 valence electrons. The summed E-state index contributed by atoms with van der Waals surface area (Å²) < 4.78 is 0. The first-order valence-corrected chi connectivity index (χ1v) is 12.4. The minimum Gasteiger partial charge on any atom is -0.396 e. The zero-order chi connectivity index (χ0) is 20.6. The summed E-state index contributed by atoms with van der Waals surface area (Å²) in [5, 5.41) is 12.6. The van der Waals surface area contributed by atoms with Crippen LogP contribution >= 0.6 is 11.3 Å². The van der Waals surface area contributed by atoms with Gasteiger partial charge in [0.15, 0.2) is 0 Å². The number of fused-ring (bicyclic) bond motifs is 1. The fourth-order valence-corrected chi connectivity index (χ4v) is 7.18. The molecule has 1 saturated heterocycles. The maximum Gasteiger partial charge on any atom is 0.0964 e. The Morgan fingerprint density at radius 3 is 2.55 bits per heavy atom. The van der Waals surface area contributed by atoms with E-state index < -0.39 is 0 Å². The summed E-state index contributed by atoms with van der Waals surface area (Å²) in [5.74, 6) is 1.88. The Bertz CT molecular complexity index is 768. The Labute approximate surface area is 180 Å². The lowest BCUT2D eigenvalue weighted by Gasteiger charge is -2.31. The monoisotopic (exact) mass is 414 g/mol. The number of unbranched alkanes of at least 4 members (excludes halogenated alkanes) is 1. The quantitative estimate of drug-likeness (QED) is 0.603. The second kappa shape index (κ2) is 8.28. The van der Waals surface area contributed by atoms with E-state index in [1.807, 2.05) is 11.3 Å². The molecule has 1 aromatic heterocycles. The van der Waals surface area contributed by atoms with Crippen molar-refractivity contribution in [2.24, 2.45) is 22.7 Å². The Balaban J connectivity index is 1.41. The summed E-state index contributed by atoms with van der Waals surface area (Å²) in [7, 11) is 0. The van der Waals surface area contributed by atoms with Crippen LogP contribution in [0.3, 0.4) is 0 Å². The van der Waals surface area contributed by atoms with Crippen LogP contribution in [0, 0.1) is 22.7 Å². The van der Waals surface area contributed by atoms with E-state index in [0.717, 1.165) is 19.4 Å². The zero-order valence-corrected chi connectivity index (χ0v) is 19.5. The van der Waals surface area contributed by atoms with Crippen LogP contribution in [0.15, 0.2) is 23.6 Å². The fourth-order valence-electron chi connectivity index (χ4n) is 6.18. The van der Waals surface area contributed by atoms with Crippen LogP contribution in [0.1, 0.15) is 76.4 Å². The van der Waals surface area contributed by atoms with Gasteiger partial charge in [0, 0.05) is 17.9 Å². The Hall–Kier alpha value is -0.970. The number of likely N-dealkylation sites (tertiary alicyclic amines) is 1. The first kappa shape index (κ1) is 21.3. The molecule has 0 amide bonds. The van der Waals surface area contributed by atoms with Crippen molar-refractivity contribution in [3.63, 3.8) is 0 Å². The van der Waals surface area contributed by atoms with Gasteiger partial charge >= 0.3 is 0 Å². The molecule has 3 nitrogen and oxygen atoms in total. The molecule has 0 radical (unpaired) electrons. The Kier molecular flexibility index (Phi) is 6.07. The van der Waals surface area contributed by atoms with E-state index in [1.54, 1.807) is 0 Å². The van der Waals surface area contributed by atoms with E-state index >= 15 is 0 Å². The lowest BCUT2D eigenvalue weighted by atomic mass is 9.73. The molecule has 2 heterocycles. The van der Waals surface area contributed by atoms with Crippen LogP contribution in [0.4, 0.5) is 0 Å². The van der Waals surface area contributed by atoms with E-state index in [0.29, 0.717) is 35.2 Å². The van der Waals surface area contributed by atoms with Gasteiger partial charge in [-0.1, -0.05) is 45.9 Å². The van der Waals surface area contributed by atoms with Crippen LogP contribution in [-0.4, -0.2) is 41.2 Å². The van der Waals surface area contributed by atoms with Crippen molar-refractivity contribution >= 4 is 16.9 Å². The highest BCUT2D eigenvalue weighted by Gasteiger charge is 2.51. The van der Waals surface area contributed by atoms with Gasteiger partial charge in [0.05, 0.1) is 10.7 Å². The summed E-state index contributed by atoms with van der Waals surface area (Å²) >= 11 is 1.86. The number of rotatable bonds is 6. The molecule has 2 unspecified atom stereocenters. The maximum absolute atomic E-state index is 8.97. The van der Waals surface area contributed by atoms with E-state index in [-0.39, 0.29) is 0 Å². The topological polar surface area (TPSA) is 36.4 Å². The predicted octanol–water partition coefficient (Wildman–Crippen LogP) is 5.74. The number of nitrogens with zero attached hydrogens (tertiary/aromatic N) is 2. The summed E-state index contributed by atoms with van der Waals surface area (Å²) in [6, 6.07) is 0. The highest BCUT2D eigenvalue weighted by Crippen LogP contribution is 2.59. The average molecular weight is 415 g/mol. The Morgan fingerprint density at radius 1 is 1.10 bits per heavy atom. The molecule has 1 N–H and O–H groups in total. The molecule has 1 aliphatic heterocycles. The molecule has 1 aromatic rings. The fraction of sp³-hybridized carbons (Fsp3) is 0.720. The van der Waals surface area contributed by atoms with E-state index in [2.05, 4.69) is 56.2 Å². The minimum absolute atomic E-state index is 0.318. The zero-order valence-electron chi connectivity index (χ0n) is 18.7. The average Bonchev–Trinajstić information content (AvgIpc) is 3.24. The van der Waals surface area contributed by atoms with Crippen molar-refractivity contribution in [1.82, 2.24) is 9.88 Å². The van der Waals surface area contributed by atoms with Crippen LogP contribution in [0.2, 0.25) is 0 Å². The first-order chi connectivity index (χ1) is 13.8. The largest absolute Gasteiger partial charge is 0.396 e. The molecule has 0 spiro atoms. The van der Waals surface area contributed by atoms with Gasteiger partial charge in [-0.25, -0.2) is 4.98 Å². The first-order valence-electron chi connectivity index (χ1n) is 11.5. The summed E-state index contributed by atoms with van der Waals surface area (Å²) in [5.41, 5.74) is 3.25. The highest BCUT2D eigenvalue weighted by atomic mass is 32.1. The van der Waals surface area contributed by atoms with Gasteiger partial charge in [-0.05, 0) is 80.0 Å². The standard InChI is InChI=1S/C25H38N2OS/c1-24(2)17-25(3,4)21-15-19(7-8-20(21)24)22-16-29-23(26-22)18-9-12-27(13-10-18)11-5-6-14-28/h7-8,15-16,18,20-21,28H,5-6,9-14,17H2,1-4H3. The lowest BCUT2D eigenvalue weighted by molar-refractivity contribution is 0.199. The van der Waals surface area contributed by atoms with Crippen molar-refractivity contribution in [2.45, 2.75) is 65.7 Å². The number of thiazole rings is 1. The number of hydrogen-bond acceptors (Lipinski definition) is 4. The van der Waals surface area contributed by atoms with Crippen LogP contribution in [0.25, 0.3) is 5.57 Å². The van der Waals surface area contributed by atoms with Crippen LogP contribution < -0.4 is 0 Å². The molecule has 2 atom stereocenters. The van der Waals surface area contributed by atoms with Gasteiger partial charge in [0.1, 0.15) is 0 Å². The third-order valence-electron chi connectivity index (χ3n) is 7.58. The normalized spacial score (nSPS) is 29.1. The molecule has 3 aliphatic rings. The van der Waals surface area contributed by atoms with Gasteiger partial charge in [0.25, 0.3) is 0 Å². The van der Waals surface area contributed by atoms with Crippen molar-refractivity contribution in [3.8, 4) is 0 Å². The Morgan fingerprint density at radius 2 is 1.83 bits per heavy atom. The van der Waals surface area contributed by atoms with Crippen LogP contribution in [-0.2, 0) is 0 Å². The minimum atomic E-state index is 0.318. The molecule has 2 fully saturated rings. The van der Waals surface area contributed by atoms with Gasteiger partial charge in [-0.2, -0.15) is 0 Å². The SMILES string of the molecule is CC1(C)CC(C)(C)C2C=C(c3csc(C4CCN(CCCCO)CC4)n3)C=CC21. The molecule has 4 rings (SSSR count). The van der Waals surface area contributed by atoms with Crippen molar-refractivity contribution in [1.29, 1.82) is 0 Å². The highest BCUT2D eigenvalue weighted by molar-refractivity contribution is 7.09. The van der Waals surface area contributed by atoms with Crippen molar-refractivity contribution in [3.05, 3.63) is 34.3 Å². The lowest BCUT2D eigenvalue weighted by Crippen LogP contribution is -2.33. The van der Waals surface area contributed by atoms with Gasteiger partial charge in [-0.3, -0.25) is 0 Å². The molecular weight excluding hydrogens is 376 g/mol. The van der Waals surface area contributed by atoms with Gasteiger partial charge in [0.2, 0.25) is 0 Å².